The van der Waals surface area contributed by atoms with Crippen LogP contribution in [0.5, 0.6) is 17.2 Å². The zero-order valence-electron chi connectivity index (χ0n) is 16.1. The van der Waals surface area contributed by atoms with Crippen LogP contribution < -0.4 is 21.1 Å². The van der Waals surface area contributed by atoms with Crippen LogP contribution in [0.15, 0.2) is 83.9 Å². The molecule has 3 aromatic rings. The van der Waals surface area contributed by atoms with E-state index in [0.717, 1.165) is 11.4 Å². The van der Waals surface area contributed by atoms with Crippen LogP contribution in [0.3, 0.4) is 0 Å². The standard InChI is InChI=1S/C22H22N4O3.HI/c23-22(25-14-13-24-21(28)16-9-11-18(27)12-10-16)26-17-5-4-8-20(15-17)29-19-6-2-1-3-7-19;/h1-12,15,27H,13-14H2,(H,24,28)(H3,23,25,26);1H. The van der Waals surface area contributed by atoms with Crippen molar-refractivity contribution >= 4 is 41.5 Å². The van der Waals surface area contributed by atoms with Crippen LogP contribution in [-0.4, -0.2) is 30.1 Å². The Balaban J connectivity index is 0.00000320. The first kappa shape index (κ1) is 23.0. The second kappa shape index (κ2) is 11.7. The minimum atomic E-state index is -0.238. The molecule has 0 atom stereocenters. The van der Waals surface area contributed by atoms with Crippen molar-refractivity contribution < 1.29 is 14.6 Å². The zero-order chi connectivity index (χ0) is 20.5. The van der Waals surface area contributed by atoms with Crippen molar-refractivity contribution in [2.75, 3.05) is 18.4 Å². The quantitative estimate of drug-likeness (QED) is 0.164. The average molecular weight is 518 g/mol. The van der Waals surface area contributed by atoms with E-state index in [1.807, 2.05) is 54.6 Å². The van der Waals surface area contributed by atoms with Crippen molar-refractivity contribution in [2.45, 2.75) is 0 Å². The number of hydrogen-bond donors (Lipinski definition) is 4. The number of rotatable bonds is 7. The summed E-state index contributed by atoms with van der Waals surface area (Å²) in [6.07, 6.45) is 0. The van der Waals surface area contributed by atoms with Gasteiger partial charge in [-0.3, -0.25) is 9.79 Å². The maximum atomic E-state index is 12.0. The van der Waals surface area contributed by atoms with Crippen molar-refractivity contribution in [1.82, 2.24) is 5.32 Å². The van der Waals surface area contributed by atoms with Gasteiger partial charge in [0.2, 0.25) is 0 Å². The minimum absolute atomic E-state index is 0. The number of carbonyl (C=O) groups is 1. The number of carbonyl (C=O) groups excluding carboxylic acids is 1. The van der Waals surface area contributed by atoms with Crippen LogP contribution in [0.4, 0.5) is 5.69 Å². The first-order valence-electron chi connectivity index (χ1n) is 9.07. The SMILES string of the molecule is I.NC(=NCCNC(=O)c1ccc(O)cc1)Nc1cccc(Oc2ccccc2)c1. The number of phenolic OH excluding ortho intramolecular Hbond substituents is 1. The van der Waals surface area contributed by atoms with Crippen LogP contribution in [0.25, 0.3) is 0 Å². The number of benzene rings is 3. The van der Waals surface area contributed by atoms with Crippen LogP contribution in [-0.2, 0) is 0 Å². The maximum absolute atomic E-state index is 12.0. The summed E-state index contributed by atoms with van der Waals surface area (Å²) < 4.78 is 5.79. The monoisotopic (exact) mass is 518 g/mol. The molecular weight excluding hydrogens is 495 g/mol. The second-order valence-corrected chi connectivity index (χ2v) is 6.14. The normalized spacial score (nSPS) is 10.6. The number of para-hydroxylation sites is 1. The molecule has 30 heavy (non-hydrogen) atoms. The molecule has 7 nitrogen and oxygen atoms in total. The predicted octanol–water partition coefficient (Wildman–Crippen LogP) is 3.96. The fourth-order valence-electron chi connectivity index (χ4n) is 2.51. The molecule has 0 aliphatic heterocycles. The minimum Gasteiger partial charge on any atom is -0.508 e. The van der Waals surface area contributed by atoms with Crippen LogP contribution in [0.1, 0.15) is 10.4 Å². The summed E-state index contributed by atoms with van der Waals surface area (Å²) in [4.78, 5) is 16.2. The number of ether oxygens (including phenoxy) is 1. The lowest BCUT2D eigenvalue weighted by molar-refractivity contribution is 0.0955. The number of halogens is 1. The Hall–Kier alpha value is -3.27. The number of aromatic hydroxyl groups is 1. The summed E-state index contributed by atoms with van der Waals surface area (Å²) in [5.41, 5.74) is 7.12. The summed E-state index contributed by atoms with van der Waals surface area (Å²) >= 11 is 0. The molecule has 0 saturated heterocycles. The van der Waals surface area contributed by atoms with Gasteiger partial charge in [0.15, 0.2) is 5.96 Å². The van der Waals surface area contributed by atoms with Crippen LogP contribution in [0.2, 0.25) is 0 Å². The van der Waals surface area contributed by atoms with Gasteiger partial charge in [0.25, 0.3) is 5.91 Å². The Kier molecular flexibility index (Phi) is 8.95. The van der Waals surface area contributed by atoms with Gasteiger partial charge < -0.3 is 26.2 Å². The van der Waals surface area contributed by atoms with Gasteiger partial charge in [-0.05, 0) is 48.5 Å². The molecule has 0 radical (unpaired) electrons. The summed E-state index contributed by atoms with van der Waals surface area (Å²) in [7, 11) is 0. The van der Waals surface area contributed by atoms with E-state index in [1.165, 1.54) is 12.1 Å². The Labute approximate surface area is 192 Å². The van der Waals surface area contributed by atoms with Gasteiger partial charge in [0.1, 0.15) is 17.2 Å². The molecule has 0 bridgehead atoms. The molecule has 0 aliphatic rings. The van der Waals surface area contributed by atoms with Gasteiger partial charge in [-0.15, -0.1) is 24.0 Å². The average Bonchev–Trinajstić information content (AvgIpc) is 2.72. The number of nitrogens with one attached hydrogen (secondary N) is 2. The Bertz CT molecular complexity index is 979. The number of aliphatic imine (C=N–C) groups is 1. The van der Waals surface area contributed by atoms with Gasteiger partial charge in [-0.1, -0.05) is 24.3 Å². The van der Waals surface area contributed by atoms with E-state index in [-0.39, 0.29) is 41.6 Å². The summed E-state index contributed by atoms with van der Waals surface area (Å²) in [5, 5.41) is 15.0. The van der Waals surface area contributed by atoms with E-state index in [9.17, 15) is 9.90 Å². The van der Waals surface area contributed by atoms with Gasteiger partial charge >= 0.3 is 0 Å². The van der Waals surface area contributed by atoms with Crippen molar-refractivity contribution in [3.05, 3.63) is 84.4 Å². The lowest BCUT2D eigenvalue weighted by Crippen LogP contribution is -2.28. The third-order valence-corrected chi connectivity index (χ3v) is 3.89. The molecule has 0 saturated carbocycles. The molecule has 0 unspecified atom stereocenters. The Morgan fingerprint density at radius 1 is 0.967 bits per heavy atom. The summed E-state index contributed by atoms with van der Waals surface area (Å²) in [6.45, 7) is 0.655. The van der Waals surface area contributed by atoms with Crippen molar-refractivity contribution in [3.63, 3.8) is 0 Å². The van der Waals surface area contributed by atoms with Crippen LogP contribution >= 0.6 is 24.0 Å². The number of anilines is 1. The van der Waals surface area contributed by atoms with E-state index in [4.69, 9.17) is 10.5 Å². The van der Waals surface area contributed by atoms with E-state index in [2.05, 4.69) is 15.6 Å². The molecule has 0 heterocycles. The fraction of sp³-hybridized carbons (Fsp3) is 0.0909. The van der Waals surface area contributed by atoms with E-state index >= 15 is 0 Å². The van der Waals surface area contributed by atoms with Gasteiger partial charge in [0.05, 0.1) is 6.54 Å². The number of hydrogen-bond acceptors (Lipinski definition) is 4. The third kappa shape index (κ3) is 7.28. The molecule has 0 aromatic heterocycles. The first-order chi connectivity index (χ1) is 14.1. The number of guanidine groups is 1. The Morgan fingerprint density at radius 3 is 2.40 bits per heavy atom. The molecule has 1 amide bonds. The van der Waals surface area contributed by atoms with Crippen molar-refractivity contribution in [3.8, 4) is 17.2 Å². The van der Waals surface area contributed by atoms with E-state index in [0.29, 0.717) is 24.4 Å². The van der Waals surface area contributed by atoms with Gasteiger partial charge in [-0.25, -0.2) is 0 Å². The molecule has 156 valence electrons. The maximum Gasteiger partial charge on any atom is 0.251 e. The van der Waals surface area contributed by atoms with E-state index in [1.54, 1.807) is 12.1 Å². The highest BCUT2D eigenvalue weighted by molar-refractivity contribution is 14.0. The molecule has 0 fully saturated rings. The zero-order valence-corrected chi connectivity index (χ0v) is 18.4. The highest BCUT2D eigenvalue weighted by atomic mass is 127. The highest BCUT2D eigenvalue weighted by Crippen LogP contribution is 2.23. The molecule has 3 rings (SSSR count). The molecular formula is C22H23IN4O3. The third-order valence-electron chi connectivity index (χ3n) is 3.89. The molecule has 0 spiro atoms. The Morgan fingerprint density at radius 2 is 1.67 bits per heavy atom. The van der Waals surface area contributed by atoms with Crippen molar-refractivity contribution in [1.29, 1.82) is 0 Å². The topological polar surface area (TPSA) is 109 Å². The smallest absolute Gasteiger partial charge is 0.251 e. The van der Waals surface area contributed by atoms with Gasteiger partial charge in [0, 0.05) is 23.9 Å². The number of nitrogens with two attached hydrogens (primary N) is 1. The lowest BCUT2D eigenvalue weighted by Gasteiger charge is -2.09. The number of amides is 1. The van der Waals surface area contributed by atoms with E-state index < -0.39 is 0 Å². The molecule has 3 aromatic carbocycles. The predicted molar refractivity (Wildman–Crippen MR) is 129 cm³/mol. The molecule has 8 heteroatoms. The summed E-state index contributed by atoms with van der Waals surface area (Å²) in [6, 6.07) is 22.9. The molecule has 0 aliphatic carbocycles. The lowest BCUT2D eigenvalue weighted by atomic mass is 10.2. The van der Waals surface area contributed by atoms with Gasteiger partial charge in [-0.2, -0.15) is 0 Å². The molecule has 5 N–H and O–H groups in total. The van der Waals surface area contributed by atoms with Crippen molar-refractivity contribution in [2.24, 2.45) is 10.7 Å². The highest BCUT2D eigenvalue weighted by Gasteiger charge is 2.04. The summed E-state index contributed by atoms with van der Waals surface area (Å²) in [5.74, 6) is 1.53. The number of phenols is 1. The number of nitrogens with zero attached hydrogens (tertiary/aromatic N) is 1. The van der Waals surface area contributed by atoms with Crippen LogP contribution in [0, 0.1) is 0 Å². The largest absolute Gasteiger partial charge is 0.508 e. The first-order valence-corrected chi connectivity index (χ1v) is 9.07. The second-order valence-electron chi connectivity index (χ2n) is 6.14. The fourth-order valence-corrected chi connectivity index (χ4v) is 2.51.